The summed E-state index contributed by atoms with van der Waals surface area (Å²) in [5.74, 6) is -0.590. The Morgan fingerprint density at radius 1 is 1.17 bits per heavy atom. The van der Waals surface area contributed by atoms with Crippen LogP contribution >= 0.6 is 0 Å². The predicted molar refractivity (Wildman–Crippen MR) is 115 cm³/mol. The van der Waals surface area contributed by atoms with Crippen LogP contribution in [0.25, 0.3) is 0 Å². The van der Waals surface area contributed by atoms with Crippen molar-refractivity contribution in [1.82, 2.24) is 0 Å². The molecule has 5 nitrogen and oxygen atoms in total. The van der Waals surface area contributed by atoms with Gasteiger partial charge in [0.1, 0.15) is 18.0 Å². The van der Waals surface area contributed by atoms with E-state index < -0.39 is 28.8 Å². The highest BCUT2D eigenvalue weighted by atomic mass is 16.3. The van der Waals surface area contributed by atoms with Gasteiger partial charge in [0, 0.05) is 23.2 Å². The molecule has 0 radical (unpaired) electrons. The molecule has 0 aromatic heterocycles. The van der Waals surface area contributed by atoms with Crippen molar-refractivity contribution >= 4 is 17.3 Å². The minimum atomic E-state index is -1.62. The number of hydrogen-bond donors (Lipinski definition) is 2. The molecule has 0 unspecified atom stereocenters. The third-order valence-corrected chi connectivity index (χ3v) is 8.51. The number of aliphatic hydroxyl groups excluding tert-OH is 1. The highest BCUT2D eigenvalue weighted by Gasteiger charge is 2.68. The van der Waals surface area contributed by atoms with Crippen LogP contribution in [0.15, 0.2) is 23.8 Å². The third-order valence-electron chi connectivity index (χ3n) is 8.51. The van der Waals surface area contributed by atoms with Gasteiger partial charge in [0.2, 0.25) is 0 Å². The number of allylic oxidation sites excluding steroid dienone is 4. The molecular formula is C25H36O5. The summed E-state index contributed by atoms with van der Waals surface area (Å²) in [4.78, 5) is 37.4. The van der Waals surface area contributed by atoms with Gasteiger partial charge >= 0.3 is 0 Å². The summed E-state index contributed by atoms with van der Waals surface area (Å²) >= 11 is 0. The van der Waals surface area contributed by atoms with E-state index >= 15 is 0 Å². The monoisotopic (exact) mass is 416 g/mol. The molecule has 6 atom stereocenters. The van der Waals surface area contributed by atoms with Crippen molar-refractivity contribution in [2.45, 2.75) is 78.2 Å². The number of rotatable bonds is 3. The maximum absolute atomic E-state index is 13.3. The topological polar surface area (TPSA) is 91.7 Å². The lowest BCUT2D eigenvalue weighted by molar-refractivity contribution is -0.168. The van der Waals surface area contributed by atoms with Crippen LogP contribution in [-0.2, 0) is 14.4 Å². The second kappa shape index (κ2) is 8.16. The molecule has 0 spiro atoms. The number of Topliss-reactive ketones (excluding diaryl/α,β-unsaturated/α-hetero) is 2. The fraction of sp³-hybridized carbons (Fsp3) is 0.720. The zero-order chi connectivity index (χ0) is 22.3. The smallest absolute Gasteiger partial charge is 0.190 e. The van der Waals surface area contributed by atoms with Gasteiger partial charge in [-0.15, -0.1) is 0 Å². The van der Waals surface area contributed by atoms with Gasteiger partial charge in [-0.05, 0) is 49.7 Å². The quantitative estimate of drug-likeness (QED) is 0.734. The van der Waals surface area contributed by atoms with E-state index in [1.165, 1.54) is 12.8 Å². The van der Waals surface area contributed by atoms with Gasteiger partial charge in [0.25, 0.3) is 0 Å². The Bertz CT molecular complexity index is 793. The fourth-order valence-electron chi connectivity index (χ4n) is 6.62. The average Bonchev–Trinajstić information content (AvgIpc) is 2.99. The lowest BCUT2D eigenvalue weighted by Gasteiger charge is -2.56. The first-order chi connectivity index (χ1) is 14.1. The minimum Gasteiger partial charge on any atom is -0.388 e. The van der Waals surface area contributed by atoms with E-state index in [2.05, 4.69) is 13.8 Å². The van der Waals surface area contributed by atoms with Gasteiger partial charge in [0.15, 0.2) is 11.6 Å². The van der Waals surface area contributed by atoms with Crippen LogP contribution in [0.4, 0.5) is 0 Å². The van der Waals surface area contributed by atoms with Crippen molar-refractivity contribution < 1.29 is 24.6 Å². The molecule has 4 aliphatic carbocycles. The molecule has 166 valence electrons. The summed E-state index contributed by atoms with van der Waals surface area (Å²) in [6.07, 6.45) is 10.5. The van der Waals surface area contributed by atoms with Crippen LogP contribution in [0.1, 0.15) is 72.6 Å². The Kier molecular flexibility index (Phi) is 6.28. The molecule has 4 aliphatic rings. The Morgan fingerprint density at radius 2 is 1.83 bits per heavy atom. The summed E-state index contributed by atoms with van der Waals surface area (Å²) in [6, 6.07) is 0. The number of carbonyl (C=O) groups is 3. The van der Waals surface area contributed by atoms with Crippen molar-refractivity contribution in [3.8, 4) is 0 Å². The van der Waals surface area contributed by atoms with Crippen LogP contribution in [0.3, 0.4) is 0 Å². The van der Waals surface area contributed by atoms with Gasteiger partial charge in [0.05, 0.1) is 0 Å². The summed E-state index contributed by atoms with van der Waals surface area (Å²) < 4.78 is 0. The van der Waals surface area contributed by atoms with Crippen molar-refractivity contribution in [1.29, 1.82) is 0 Å². The van der Waals surface area contributed by atoms with Crippen LogP contribution in [-0.4, -0.2) is 39.8 Å². The van der Waals surface area contributed by atoms with E-state index in [1.807, 2.05) is 19.9 Å². The van der Waals surface area contributed by atoms with Gasteiger partial charge in [-0.1, -0.05) is 52.2 Å². The van der Waals surface area contributed by atoms with Gasteiger partial charge in [-0.2, -0.15) is 0 Å². The maximum Gasteiger partial charge on any atom is 0.190 e. The normalized spacial score (nSPS) is 41.8. The molecule has 0 aromatic carbocycles. The Labute approximate surface area is 179 Å². The van der Waals surface area contributed by atoms with E-state index in [-0.39, 0.29) is 35.7 Å². The molecule has 0 heterocycles. The number of ketones is 3. The first-order valence-corrected chi connectivity index (χ1v) is 11.4. The summed E-state index contributed by atoms with van der Waals surface area (Å²) in [6.45, 7) is 7.55. The zero-order valence-corrected chi connectivity index (χ0v) is 18.7. The molecule has 0 aromatic rings. The Balaban J connectivity index is 0.000000589. The number of fused-ring (bicyclic) bond motifs is 5. The SMILES string of the molecule is CCCC.C[C@]12C=CC(=O)C=C1CC[C@@H]1[C@@H]2C(=O)C[C@@]2(C)[C@H]1CC[C@]2(O)C(=O)CO. The molecule has 2 N–H and O–H groups in total. The summed E-state index contributed by atoms with van der Waals surface area (Å²) in [7, 11) is 0. The molecular weight excluding hydrogens is 380 g/mol. The van der Waals surface area contributed by atoms with Gasteiger partial charge in [-0.3, -0.25) is 14.4 Å². The first-order valence-electron chi connectivity index (χ1n) is 11.4. The zero-order valence-electron chi connectivity index (χ0n) is 18.7. The minimum absolute atomic E-state index is 0.0206. The largest absolute Gasteiger partial charge is 0.388 e. The van der Waals surface area contributed by atoms with Gasteiger partial charge in [-0.25, -0.2) is 0 Å². The predicted octanol–water partition coefficient (Wildman–Crippen LogP) is 3.57. The second-order valence-corrected chi connectivity index (χ2v) is 10.0. The summed E-state index contributed by atoms with van der Waals surface area (Å²) in [5, 5.41) is 20.5. The van der Waals surface area contributed by atoms with Crippen molar-refractivity contribution in [3.05, 3.63) is 23.8 Å². The second-order valence-electron chi connectivity index (χ2n) is 10.0. The molecule has 5 heteroatoms. The van der Waals surface area contributed by atoms with E-state index in [0.717, 1.165) is 18.4 Å². The fourth-order valence-corrected chi connectivity index (χ4v) is 6.62. The average molecular weight is 417 g/mol. The molecule has 30 heavy (non-hydrogen) atoms. The first kappa shape index (κ1) is 23.1. The van der Waals surface area contributed by atoms with E-state index in [1.54, 1.807) is 12.2 Å². The lowest BCUT2D eigenvalue weighted by Crippen LogP contribution is -2.60. The molecule has 0 saturated heterocycles. The highest BCUT2D eigenvalue weighted by Crippen LogP contribution is 2.66. The van der Waals surface area contributed by atoms with Crippen LogP contribution < -0.4 is 0 Å². The van der Waals surface area contributed by atoms with Crippen LogP contribution in [0.5, 0.6) is 0 Å². The Morgan fingerprint density at radius 3 is 2.43 bits per heavy atom. The number of hydrogen-bond acceptors (Lipinski definition) is 5. The standard InChI is InChI=1S/C21H26O5.C4H10/c1-19-7-5-13(23)9-12(19)3-4-14-15-6-8-21(26,17(25)11-22)20(15,2)10-16(24)18(14)19;1-3-4-2/h5,7,9,14-15,18,22,26H,3-4,6,8,10-11H2,1-2H3;3-4H2,1-2H3/t14-,15-,18+,19-,20-,21-;/m0./s1. The molecule has 0 aliphatic heterocycles. The van der Waals surface area contributed by atoms with E-state index in [0.29, 0.717) is 12.8 Å². The lowest BCUT2D eigenvalue weighted by atomic mass is 9.46. The van der Waals surface area contributed by atoms with Crippen molar-refractivity contribution in [3.63, 3.8) is 0 Å². The van der Waals surface area contributed by atoms with E-state index in [9.17, 15) is 24.6 Å². The molecule has 0 amide bonds. The van der Waals surface area contributed by atoms with Gasteiger partial charge < -0.3 is 10.2 Å². The van der Waals surface area contributed by atoms with Crippen molar-refractivity contribution in [2.24, 2.45) is 28.6 Å². The molecule has 0 bridgehead atoms. The number of carbonyl (C=O) groups excluding carboxylic acids is 3. The van der Waals surface area contributed by atoms with Crippen molar-refractivity contribution in [2.75, 3.05) is 6.61 Å². The molecule has 3 saturated carbocycles. The third kappa shape index (κ3) is 3.25. The molecule has 4 rings (SSSR count). The Hall–Kier alpha value is -1.59. The summed E-state index contributed by atoms with van der Waals surface area (Å²) in [5.41, 5.74) is -1.86. The van der Waals surface area contributed by atoms with E-state index in [4.69, 9.17) is 0 Å². The number of aliphatic hydroxyl groups is 2. The highest BCUT2D eigenvalue weighted by molar-refractivity contribution is 6.02. The maximum atomic E-state index is 13.3. The number of unbranched alkanes of at least 4 members (excludes halogenated alkanes) is 1. The van der Waals surface area contributed by atoms with Crippen LogP contribution in [0, 0.1) is 28.6 Å². The molecule has 3 fully saturated rings. The van der Waals surface area contributed by atoms with Crippen LogP contribution in [0.2, 0.25) is 0 Å².